The molecule has 0 spiro atoms. The summed E-state index contributed by atoms with van der Waals surface area (Å²) in [5.41, 5.74) is 7.57. The highest BCUT2D eigenvalue weighted by molar-refractivity contribution is 6.30. The predicted octanol–water partition coefficient (Wildman–Crippen LogP) is 5.28. The topological polar surface area (TPSA) is 48.0 Å². The van der Waals surface area contributed by atoms with E-state index in [4.69, 9.17) is 17.3 Å². The number of benzene rings is 2. The van der Waals surface area contributed by atoms with Crippen LogP contribution in [0.2, 0.25) is 5.02 Å². The zero-order valence-corrected chi connectivity index (χ0v) is 15.1. The Kier molecular flexibility index (Phi) is 5.02. The van der Waals surface area contributed by atoms with Gasteiger partial charge in [-0.3, -0.25) is 4.79 Å². The number of aromatic nitrogens is 1. The Bertz CT molecular complexity index is 991. The third-order valence-corrected chi connectivity index (χ3v) is 4.62. The van der Waals surface area contributed by atoms with Crippen LogP contribution in [0.4, 0.5) is 13.2 Å². The van der Waals surface area contributed by atoms with Crippen molar-refractivity contribution < 1.29 is 18.0 Å². The fourth-order valence-electron chi connectivity index (χ4n) is 2.99. The van der Waals surface area contributed by atoms with Crippen molar-refractivity contribution in [2.75, 3.05) is 0 Å². The molecule has 27 heavy (non-hydrogen) atoms. The van der Waals surface area contributed by atoms with Crippen molar-refractivity contribution in [3.05, 3.63) is 82.0 Å². The molecule has 3 aromatic rings. The van der Waals surface area contributed by atoms with E-state index in [1.165, 1.54) is 6.07 Å². The number of halogens is 4. The first kappa shape index (κ1) is 19.0. The van der Waals surface area contributed by atoms with E-state index in [1.807, 2.05) is 0 Å². The second-order valence-electron chi connectivity index (χ2n) is 6.18. The molecule has 3 nitrogen and oxygen atoms in total. The van der Waals surface area contributed by atoms with Crippen LogP contribution in [0.25, 0.3) is 11.3 Å². The maximum atomic E-state index is 13.0. The van der Waals surface area contributed by atoms with Crippen molar-refractivity contribution in [2.45, 2.75) is 19.6 Å². The Balaban J connectivity index is 2.09. The van der Waals surface area contributed by atoms with Gasteiger partial charge in [-0.1, -0.05) is 35.9 Å². The first-order valence-corrected chi connectivity index (χ1v) is 8.46. The van der Waals surface area contributed by atoms with Gasteiger partial charge in [-0.15, -0.1) is 0 Å². The second-order valence-corrected chi connectivity index (χ2v) is 6.62. The zero-order chi connectivity index (χ0) is 19.8. The van der Waals surface area contributed by atoms with Crippen LogP contribution in [-0.4, -0.2) is 10.5 Å². The molecular formula is C20H16ClF3N2O. The molecular weight excluding hydrogens is 377 g/mol. The van der Waals surface area contributed by atoms with Crippen LogP contribution >= 0.6 is 11.6 Å². The first-order valence-electron chi connectivity index (χ1n) is 8.09. The predicted molar refractivity (Wildman–Crippen MR) is 98.7 cm³/mol. The number of carbonyl (C=O) groups is 1. The lowest BCUT2D eigenvalue weighted by molar-refractivity contribution is -0.137. The quantitative estimate of drug-likeness (QED) is 0.645. The fraction of sp³-hybridized carbons (Fsp3) is 0.150. The molecule has 1 amide bonds. The molecule has 0 unspecified atom stereocenters. The van der Waals surface area contributed by atoms with Crippen LogP contribution in [0.5, 0.6) is 0 Å². The van der Waals surface area contributed by atoms with Gasteiger partial charge in [-0.2, -0.15) is 13.2 Å². The van der Waals surface area contributed by atoms with Crippen LogP contribution in [0.3, 0.4) is 0 Å². The highest BCUT2D eigenvalue weighted by Crippen LogP contribution is 2.31. The molecule has 0 atom stereocenters. The van der Waals surface area contributed by atoms with Crippen molar-refractivity contribution >= 4 is 17.5 Å². The second kappa shape index (κ2) is 7.12. The van der Waals surface area contributed by atoms with E-state index in [0.717, 1.165) is 17.7 Å². The fourth-order valence-corrected chi connectivity index (χ4v) is 3.11. The monoisotopic (exact) mass is 392 g/mol. The van der Waals surface area contributed by atoms with E-state index >= 15 is 0 Å². The molecule has 0 saturated heterocycles. The molecule has 0 saturated carbocycles. The molecule has 1 aromatic heterocycles. The standard InChI is InChI=1S/C20H16ClF3N2O/c1-12-17(19(25)27)10-18(14-5-7-16(21)8-6-14)26(12)11-13-3-2-4-15(9-13)20(22,23)24/h2-10H,11H2,1H3,(H2,25,27). The number of amides is 1. The van der Waals surface area contributed by atoms with Gasteiger partial charge in [0.2, 0.25) is 0 Å². The summed E-state index contributed by atoms with van der Waals surface area (Å²) < 4.78 is 40.8. The van der Waals surface area contributed by atoms with E-state index in [-0.39, 0.29) is 6.54 Å². The first-order chi connectivity index (χ1) is 12.7. The summed E-state index contributed by atoms with van der Waals surface area (Å²) in [5.74, 6) is -0.592. The number of nitrogens with two attached hydrogens (primary N) is 1. The third-order valence-electron chi connectivity index (χ3n) is 4.37. The summed E-state index contributed by atoms with van der Waals surface area (Å²) in [6.45, 7) is 1.88. The zero-order valence-electron chi connectivity index (χ0n) is 14.3. The van der Waals surface area contributed by atoms with Gasteiger partial charge in [0.15, 0.2) is 0 Å². The molecule has 7 heteroatoms. The van der Waals surface area contributed by atoms with Crippen molar-refractivity contribution in [2.24, 2.45) is 5.73 Å². The van der Waals surface area contributed by atoms with Gasteiger partial charge in [0.1, 0.15) is 0 Å². The van der Waals surface area contributed by atoms with Crippen molar-refractivity contribution in [1.82, 2.24) is 4.57 Å². The smallest absolute Gasteiger partial charge is 0.366 e. The number of rotatable bonds is 4. The minimum absolute atomic E-state index is 0.168. The number of carbonyl (C=O) groups excluding carboxylic acids is 1. The van der Waals surface area contributed by atoms with Crippen LogP contribution in [0.1, 0.15) is 27.2 Å². The number of primary amides is 1. The summed E-state index contributed by atoms with van der Waals surface area (Å²) in [6.07, 6.45) is -4.42. The molecule has 1 heterocycles. The summed E-state index contributed by atoms with van der Waals surface area (Å²) in [4.78, 5) is 11.7. The summed E-state index contributed by atoms with van der Waals surface area (Å²) >= 11 is 5.93. The third kappa shape index (κ3) is 4.01. The minimum atomic E-state index is -4.42. The van der Waals surface area contributed by atoms with E-state index in [0.29, 0.717) is 27.5 Å². The van der Waals surface area contributed by atoms with Crippen molar-refractivity contribution in [3.63, 3.8) is 0 Å². The lowest BCUT2D eigenvalue weighted by atomic mass is 10.1. The number of hydrogen-bond donors (Lipinski definition) is 1. The highest BCUT2D eigenvalue weighted by Gasteiger charge is 2.30. The van der Waals surface area contributed by atoms with Crippen LogP contribution in [0, 0.1) is 6.92 Å². The molecule has 2 aromatic carbocycles. The van der Waals surface area contributed by atoms with E-state index in [1.54, 1.807) is 47.9 Å². The molecule has 0 aliphatic rings. The molecule has 0 fully saturated rings. The van der Waals surface area contributed by atoms with E-state index < -0.39 is 17.6 Å². The van der Waals surface area contributed by atoms with Gasteiger partial charge < -0.3 is 10.3 Å². The van der Waals surface area contributed by atoms with Crippen LogP contribution in [-0.2, 0) is 12.7 Å². The minimum Gasteiger partial charge on any atom is -0.366 e. The number of hydrogen-bond acceptors (Lipinski definition) is 1. The van der Waals surface area contributed by atoms with Gasteiger partial charge in [0.05, 0.1) is 11.1 Å². The maximum absolute atomic E-state index is 13.0. The van der Waals surface area contributed by atoms with Gasteiger partial charge in [0, 0.05) is 23.0 Å². The lowest BCUT2D eigenvalue weighted by Gasteiger charge is -2.14. The van der Waals surface area contributed by atoms with Crippen molar-refractivity contribution in [1.29, 1.82) is 0 Å². The number of nitrogens with zero attached hydrogens (tertiary/aromatic N) is 1. The Morgan fingerprint density at radius 1 is 1.11 bits per heavy atom. The average molecular weight is 393 g/mol. The Morgan fingerprint density at radius 3 is 2.37 bits per heavy atom. The van der Waals surface area contributed by atoms with Gasteiger partial charge >= 0.3 is 6.18 Å². The molecule has 140 valence electrons. The molecule has 0 aliphatic carbocycles. The van der Waals surface area contributed by atoms with Gasteiger partial charge in [0.25, 0.3) is 5.91 Å². The normalized spacial score (nSPS) is 11.6. The van der Waals surface area contributed by atoms with E-state index in [2.05, 4.69) is 0 Å². The Labute approximate surface area is 159 Å². The summed E-state index contributed by atoms with van der Waals surface area (Å²) in [7, 11) is 0. The molecule has 0 radical (unpaired) electrons. The van der Waals surface area contributed by atoms with E-state index in [9.17, 15) is 18.0 Å². The van der Waals surface area contributed by atoms with Crippen molar-refractivity contribution in [3.8, 4) is 11.3 Å². The van der Waals surface area contributed by atoms with Gasteiger partial charge in [-0.25, -0.2) is 0 Å². The SMILES string of the molecule is Cc1c(C(N)=O)cc(-c2ccc(Cl)cc2)n1Cc1cccc(C(F)(F)F)c1. The summed E-state index contributed by atoms with van der Waals surface area (Å²) in [6, 6.07) is 13.7. The Morgan fingerprint density at radius 2 is 1.78 bits per heavy atom. The maximum Gasteiger partial charge on any atom is 0.416 e. The van der Waals surface area contributed by atoms with Crippen LogP contribution in [0.15, 0.2) is 54.6 Å². The Hall–Kier alpha value is -2.73. The number of alkyl halides is 3. The molecule has 3 rings (SSSR count). The average Bonchev–Trinajstić information content (AvgIpc) is 2.92. The molecule has 0 aliphatic heterocycles. The molecule has 2 N–H and O–H groups in total. The summed E-state index contributed by atoms with van der Waals surface area (Å²) in [5, 5.41) is 0.557. The van der Waals surface area contributed by atoms with Crippen LogP contribution < -0.4 is 5.73 Å². The lowest BCUT2D eigenvalue weighted by Crippen LogP contribution is -2.13. The molecule has 0 bridgehead atoms. The highest BCUT2D eigenvalue weighted by atomic mass is 35.5. The largest absolute Gasteiger partial charge is 0.416 e. The van der Waals surface area contributed by atoms with Gasteiger partial charge in [-0.05, 0) is 48.4 Å².